The molecule has 5 nitrogen and oxygen atoms in total. The minimum atomic E-state index is 0.291. The lowest BCUT2D eigenvalue weighted by molar-refractivity contribution is 0.474. The maximum Gasteiger partial charge on any atom is 0.160 e. The second-order valence-corrected chi connectivity index (χ2v) is 5.76. The first-order valence-electron chi connectivity index (χ1n) is 7.61. The highest BCUT2D eigenvalue weighted by Gasteiger charge is 2.24. The predicted molar refractivity (Wildman–Crippen MR) is 85.0 cm³/mol. The highest BCUT2D eigenvalue weighted by molar-refractivity contribution is 5.71. The van der Waals surface area contributed by atoms with Crippen molar-refractivity contribution >= 4 is 11.2 Å². The molecule has 0 saturated carbocycles. The molecule has 3 aromatic rings. The van der Waals surface area contributed by atoms with Crippen LogP contribution in [0.5, 0.6) is 5.75 Å². The molecule has 1 atom stereocenters. The molecule has 1 saturated heterocycles. The standard InChI is InChI=1S/C17H18N4O/c22-14-4-1-3-12(9-14)11-21-16(13-6-8-18-10-13)20-15-5-2-7-19-17(15)21/h1-5,7,9,13,18,22H,6,8,10-11H2. The Kier molecular flexibility index (Phi) is 3.27. The monoisotopic (exact) mass is 294 g/mol. The molecule has 5 heteroatoms. The summed E-state index contributed by atoms with van der Waals surface area (Å²) in [5.41, 5.74) is 2.90. The first-order valence-corrected chi connectivity index (χ1v) is 7.61. The van der Waals surface area contributed by atoms with E-state index in [0.717, 1.165) is 42.1 Å². The Morgan fingerprint density at radius 1 is 1.27 bits per heavy atom. The first kappa shape index (κ1) is 13.3. The number of fused-ring (bicyclic) bond motifs is 1. The fourth-order valence-electron chi connectivity index (χ4n) is 3.16. The SMILES string of the molecule is Oc1cccc(Cn2c(C3CCNC3)nc3cccnc32)c1. The van der Waals surface area contributed by atoms with Crippen LogP contribution in [0, 0.1) is 0 Å². The molecule has 1 unspecified atom stereocenters. The first-order chi connectivity index (χ1) is 10.8. The Hall–Kier alpha value is -2.40. The molecule has 112 valence electrons. The van der Waals surface area contributed by atoms with Crippen LogP contribution in [0.2, 0.25) is 0 Å². The van der Waals surface area contributed by atoms with Crippen molar-refractivity contribution in [1.82, 2.24) is 19.9 Å². The number of nitrogens with one attached hydrogen (secondary N) is 1. The highest BCUT2D eigenvalue weighted by atomic mass is 16.3. The second kappa shape index (κ2) is 5.42. The molecule has 1 aliphatic rings. The van der Waals surface area contributed by atoms with E-state index in [0.29, 0.717) is 18.2 Å². The Morgan fingerprint density at radius 2 is 2.23 bits per heavy atom. The van der Waals surface area contributed by atoms with Crippen LogP contribution in [0.3, 0.4) is 0 Å². The quantitative estimate of drug-likeness (QED) is 0.778. The second-order valence-electron chi connectivity index (χ2n) is 5.76. The van der Waals surface area contributed by atoms with Crippen LogP contribution >= 0.6 is 0 Å². The molecule has 4 rings (SSSR count). The summed E-state index contributed by atoms with van der Waals surface area (Å²) in [4.78, 5) is 9.32. The number of benzene rings is 1. The van der Waals surface area contributed by atoms with E-state index < -0.39 is 0 Å². The molecule has 2 aromatic heterocycles. The molecule has 1 aromatic carbocycles. The van der Waals surface area contributed by atoms with Crippen LogP contribution < -0.4 is 5.32 Å². The number of hydrogen-bond donors (Lipinski definition) is 2. The zero-order chi connectivity index (χ0) is 14.9. The maximum atomic E-state index is 9.69. The summed E-state index contributed by atoms with van der Waals surface area (Å²) in [6, 6.07) is 11.3. The van der Waals surface area contributed by atoms with Crippen molar-refractivity contribution in [2.45, 2.75) is 18.9 Å². The third-order valence-electron chi connectivity index (χ3n) is 4.21. The van der Waals surface area contributed by atoms with E-state index in [-0.39, 0.29) is 0 Å². The van der Waals surface area contributed by atoms with E-state index in [1.54, 1.807) is 18.3 Å². The van der Waals surface area contributed by atoms with Gasteiger partial charge in [-0.1, -0.05) is 12.1 Å². The molecule has 1 aliphatic heterocycles. The van der Waals surface area contributed by atoms with E-state index in [2.05, 4.69) is 14.9 Å². The van der Waals surface area contributed by atoms with E-state index in [1.165, 1.54) is 0 Å². The number of phenols is 1. The number of pyridine rings is 1. The molecule has 22 heavy (non-hydrogen) atoms. The summed E-state index contributed by atoms with van der Waals surface area (Å²) in [6.07, 6.45) is 2.91. The van der Waals surface area contributed by atoms with Gasteiger partial charge in [0.15, 0.2) is 5.65 Å². The largest absolute Gasteiger partial charge is 0.508 e. The molecule has 2 N–H and O–H groups in total. The van der Waals surface area contributed by atoms with Crippen LogP contribution in [-0.2, 0) is 6.54 Å². The van der Waals surface area contributed by atoms with Crippen molar-refractivity contribution in [3.05, 3.63) is 54.0 Å². The van der Waals surface area contributed by atoms with Gasteiger partial charge in [-0.25, -0.2) is 9.97 Å². The number of aromatic hydroxyl groups is 1. The summed E-state index contributed by atoms with van der Waals surface area (Å²) in [5.74, 6) is 1.80. The van der Waals surface area contributed by atoms with Crippen molar-refractivity contribution in [2.24, 2.45) is 0 Å². The normalized spacial score (nSPS) is 18.1. The van der Waals surface area contributed by atoms with Gasteiger partial charge in [0.25, 0.3) is 0 Å². The number of nitrogens with zero attached hydrogens (tertiary/aromatic N) is 3. The molecule has 3 heterocycles. The molecule has 0 aliphatic carbocycles. The zero-order valence-corrected chi connectivity index (χ0v) is 12.2. The Balaban J connectivity index is 1.81. The lowest BCUT2D eigenvalue weighted by Gasteiger charge is -2.13. The van der Waals surface area contributed by atoms with Gasteiger partial charge in [0.2, 0.25) is 0 Å². The third kappa shape index (κ3) is 2.33. The van der Waals surface area contributed by atoms with E-state index >= 15 is 0 Å². The lowest BCUT2D eigenvalue weighted by atomic mass is 10.1. The van der Waals surface area contributed by atoms with Crippen molar-refractivity contribution in [2.75, 3.05) is 13.1 Å². The van der Waals surface area contributed by atoms with E-state index in [4.69, 9.17) is 4.98 Å². The topological polar surface area (TPSA) is 63.0 Å². The van der Waals surface area contributed by atoms with E-state index in [1.807, 2.05) is 24.3 Å². The summed E-state index contributed by atoms with van der Waals surface area (Å²) in [6.45, 7) is 2.67. The van der Waals surface area contributed by atoms with Gasteiger partial charge < -0.3 is 15.0 Å². The van der Waals surface area contributed by atoms with Gasteiger partial charge in [-0.05, 0) is 42.8 Å². The average molecular weight is 294 g/mol. The molecule has 0 spiro atoms. The fraction of sp³-hybridized carbons (Fsp3) is 0.294. The number of imidazole rings is 1. The number of hydrogen-bond acceptors (Lipinski definition) is 4. The highest BCUT2D eigenvalue weighted by Crippen LogP contribution is 2.26. The maximum absolute atomic E-state index is 9.69. The van der Waals surface area contributed by atoms with Gasteiger partial charge >= 0.3 is 0 Å². The van der Waals surface area contributed by atoms with E-state index in [9.17, 15) is 5.11 Å². The van der Waals surface area contributed by atoms with Gasteiger partial charge in [0.05, 0.1) is 6.54 Å². The summed E-state index contributed by atoms with van der Waals surface area (Å²) >= 11 is 0. The lowest BCUT2D eigenvalue weighted by Crippen LogP contribution is -2.13. The summed E-state index contributed by atoms with van der Waals surface area (Å²) in [5, 5.41) is 13.1. The molecule has 1 fully saturated rings. The van der Waals surface area contributed by atoms with Gasteiger partial charge in [-0.2, -0.15) is 0 Å². The van der Waals surface area contributed by atoms with Crippen LogP contribution in [0.4, 0.5) is 0 Å². The molecular weight excluding hydrogens is 276 g/mol. The number of phenolic OH excluding ortho intramolecular Hbond substituents is 1. The third-order valence-corrected chi connectivity index (χ3v) is 4.21. The van der Waals surface area contributed by atoms with Crippen LogP contribution in [0.15, 0.2) is 42.6 Å². The summed E-state index contributed by atoms with van der Waals surface area (Å²) in [7, 11) is 0. The van der Waals surface area contributed by atoms with Gasteiger partial charge in [0.1, 0.15) is 17.1 Å². The van der Waals surface area contributed by atoms with Crippen LogP contribution in [0.1, 0.15) is 23.7 Å². The molecule has 0 radical (unpaired) electrons. The summed E-state index contributed by atoms with van der Waals surface area (Å²) < 4.78 is 2.18. The van der Waals surface area contributed by atoms with Crippen molar-refractivity contribution in [3.63, 3.8) is 0 Å². The van der Waals surface area contributed by atoms with Gasteiger partial charge in [0, 0.05) is 18.7 Å². The Labute approximate surface area is 128 Å². The minimum absolute atomic E-state index is 0.291. The van der Waals surface area contributed by atoms with Crippen molar-refractivity contribution in [3.8, 4) is 5.75 Å². The van der Waals surface area contributed by atoms with Gasteiger partial charge in [-0.15, -0.1) is 0 Å². The smallest absolute Gasteiger partial charge is 0.160 e. The average Bonchev–Trinajstić information content (AvgIpc) is 3.15. The predicted octanol–water partition coefficient (Wildman–Crippen LogP) is 2.26. The number of aromatic nitrogens is 3. The molecular formula is C17H18N4O. The van der Waals surface area contributed by atoms with Crippen molar-refractivity contribution in [1.29, 1.82) is 0 Å². The van der Waals surface area contributed by atoms with Crippen LogP contribution in [0.25, 0.3) is 11.2 Å². The van der Waals surface area contributed by atoms with Gasteiger partial charge in [-0.3, -0.25) is 0 Å². The Morgan fingerprint density at radius 3 is 3.05 bits per heavy atom. The zero-order valence-electron chi connectivity index (χ0n) is 12.2. The molecule has 0 bridgehead atoms. The fourth-order valence-corrected chi connectivity index (χ4v) is 3.16. The Bertz CT molecular complexity index is 805. The van der Waals surface area contributed by atoms with Crippen molar-refractivity contribution < 1.29 is 5.11 Å². The molecule has 0 amide bonds. The van der Waals surface area contributed by atoms with Crippen LogP contribution in [-0.4, -0.2) is 32.7 Å². The minimum Gasteiger partial charge on any atom is -0.508 e. The number of rotatable bonds is 3.